The highest BCUT2D eigenvalue weighted by Gasteiger charge is 2.17. The van der Waals surface area contributed by atoms with Crippen LogP contribution in [-0.2, 0) is 4.74 Å². The molecule has 0 saturated carbocycles. The molecule has 0 bridgehead atoms. The van der Waals surface area contributed by atoms with Gasteiger partial charge in [0.05, 0.1) is 12.4 Å². The Bertz CT molecular complexity index is 267. The maximum absolute atomic E-state index is 6.06. The third-order valence-corrected chi connectivity index (χ3v) is 4.51. The molecule has 0 saturated heterocycles. The molecule has 0 fully saturated rings. The van der Waals surface area contributed by atoms with Crippen molar-refractivity contribution in [2.75, 3.05) is 6.61 Å². The number of hydrogen-bond donors (Lipinski definition) is 0. The minimum Gasteiger partial charge on any atom is -0.498 e. The van der Waals surface area contributed by atoms with Crippen LogP contribution in [0.4, 0.5) is 0 Å². The third-order valence-electron chi connectivity index (χ3n) is 4.51. The number of rotatable bonds is 0. The van der Waals surface area contributed by atoms with Crippen LogP contribution in [0.15, 0.2) is 11.3 Å². The van der Waals surface area contributed by atoms with Crippen LogP contribution in [-0.4, -0.2) is 6.61 Å². The Kier molecular flexibility index (Phi) is 6.10. The van der Waals surface area contributed by atoms with Gasteiger partial charge in [-0.25, -0.2) is 0 Å². The summed E-state index contributed by atoms with van der Waals surface area (Å²) in [5, 5.41) is 0. The lowest BCUT2D eigenvalue weighted by molar-refractivity contribution is 0.191. The maximum Gasteiger partial charge on any atom is 0.0951 e. The van der Waals surface area contributed by atoms with Gasteiger partial charge in [0.1, 0.15) is 0 Å². The van der Waals surface area contributed by atoms with Gasteiger partial charge in [-0.3, -0.25) is 0 Å². The van der Waals surface area contributed by atoms with E-state index >= 15 is 0 Å². The van der Waals surface area contributed by atoms with Crippen molar-refractivity contribution in [2.45, 2.75) is 84.0 Å². The van der Waals surface area contributed by atoms with Crippen LogP contribution in [0.1, 0.15) is 84.0 Å². The largest absolute Gasteiger partial charge is 0.498 e. The average molecular weight is 250 g/mol. The van der Waals surface area contributed by atoms with E-state index in [1.54, 1.807) is 5.57 Å². The van der Waals surface area contributed by atoms with Crippen molar-refractivity contribution in [1.82, 2.24) is 0 Å². The van der Waals surface area contributed by atoms with Gasteiger partial charge in [-0.1, -0.05) is 45.4 Å². The highest BCUT2D eigenvalue weighted by atomic mass is 16.5. The second kappa shape index (κ2) is 7.86. The SMILES string of the molecule is CC1CCOC2=C(CCCCCCCCCC2)C1. The molecule has 0 aromatic carbocycles. The van der Waals surface area contributed by atoms with Crippen LogP contribution in [0, 0.1) is 5.92 Å². The van der Waals surface area contributed by atoms with Gasteiger partial charge >= 0.3 is 0 Å². The minimum absolute atomic E-state index is 0.824. The van der Waals surface area contributed by atoms with E-state index in [4.69, 9.17) is 4.74 Å². The summed E-state index contributed by atoms with van der Waals surface area (Å²) in [4.78, 5) is 0. The van der Waals surface area contributed by atoms with E-state index in [1.165, 1.54) is 82.8 Å². The highest BCUT2D eigenvalue weighted by Crippen LogP contribution is 2.30. The predicted molar refractivity (Wildman–Crippen MR) is 77.5 cm³/mol. The first-order valence-electron chi connectivity index (χ1n) is 8.20. The van der Waals surface area contributed by atoms with Crippen molar-refractivity contribution in [1.29, 1.82) is 0 Å². The van der Waals surface area contributed by atoms with E-state index in [9.17, 15) is 0 Å². The fourth-order valence-electron chi connectivity index (χ4n) is 3.30. The zero-order chi connectivity index (χ0) is 12.6. The first kappa shape index (κ1) is 14.0. The molecule has 1 heteroatoms. The van der Waals surface area contributed by atoms with E-state index in [0.717, 1.165) is 12.5 Å². The number of hydrogen-bond acceptors (Lipinski definition) is 1. The molecule has 0 radical (unpaired) electrons. The van der Waals surface area contributed by atoms with Crippen molar-refractivity contribution < 1.29 is 4.74 Å². The molecule has 1 atom stereocenters. The zero-order valence-corrected chi connectivity index (χ0v) is 12.2. The summed E-state index contributed by atoms with van der Waals surface area (Å²) in [5.74, 6) is 2.21. The van der Waals surface area contributed by atoms with Crippen LogP contribution < -0.4 is 0 Å². The van der Waals surface area contributed by atoms with E-state index in [0.29, 0.717) is 0 Å². The second-order valence-corrected chi connectivity index (χ2v) is 6.30. The Morgan fingerprint density at radius 3 is 2.17 bits per heavy atom. The van der Waals surface area contributed by atoms with Gasteiger partial charge in [-0.2, -0.15) is 0 Å². The van der Waals surface area contributed by atoms with Gasteiger partial charge in [0.2, 0.25) is 0 Å². The van der Waals surface area contributed by atoms with Crippen molar-refractivity contribution in [2.24, 2.45) is 5.92 Å². The Morgan fingerprint density at radius 1 is 0.833 bits per heavy atom. The first-order chi connectivity index (χ1) is 8.86. The number of allylic oxidation sites excluding steroid dienone is 2. The molecule has 1 aliphatic carbocycles. The Balaban J connectivity index is 1.98. The van der Waals surface area contributed by atoms with Crippen LogP contribution in [0.5, 0.6) is 0 Å². The van der Waals surface area contributed by atoms with Gasteiger partial charge in [0, 0.05) is 6.42 Å². The molecule has 0 aromatic rings. The summed E-state index contributed by atoms with van der Waals surface area (Å²) >= 11 is 0. The summed E-state index contributed by atoms with van der Waals surface area (Å²) in [6, 6.07) is 0. The van der Waals surface area contributed by atoms with E-state index < -0.39 is 0 Å². The van der Waals surface area contributed by atoms with E-state index in [-0.39, 0.29) is 0 Å². The van der Waals surface area contributed by atoms with Gasteiger partial charge in [0.25, 0.3) is 0 Å². The Morgan fingerprint density at radius 2 is 1.44 bits per heavy atom. The summed E-state index contributed by atoms with van der Waals surface area (Å²) in [7, 11) is 0. The lowest BCUT2D eigenvalue weighted by Gasteiger charge is -2.15. The Labute approximate surface area is 113 Å². The normalized spacial score (nSPS) is 28.4. The van der Waals surface area contributed by atoms with E-state index in [2.05, 4.69) is 6.92 Å². The molecule has 1 aliphatic heterocycles. The fraction of sp³-hybridized carbons (Fsp3) is 0.882. The van der Waals surface area contributed by atoms with Crippen LogP contribution in [0.25, 0.3) is 0 Å². The van der Waals surface area contributed by atoms with Crippen molar-refractivity contribution >= 4 is 0 Å². The van der Waals surface area contributed by atoms with Crippen molar-refractivity contribution in [3.05, 3.63) is 11.3 Å². The lowest BCUT2D eigenvalue weighted by atomic mass is 9.92. The smallest absolute Gasteiger partial charge is 0.0951 e. The molecule has 18 heavy (non-hydrogen) atoms. The van der Waals surface area contributed by atoms with Gasteiger partial charge < -0.3 is 4.74 Å². The molecular formula is C17H30O. The summed E-state index contributed by atoms with van der Waals surface area (Å²) in [6.07, 6.45) is 16.4. The molecule has 1 unspecified atom stereocenters. The molecule has 1 heterocycles. The van der Waals surface area contributed by atoms with Crippen LogP contribution in [0.3, 0.4) is 0 Å². The standard InChI is InChI=1S/C17H30O/c1-15-12-13-18-17-11-9-7-5-3-2-4-6-8-10-16(17)14-15/h15H,2-14H2,1H3. The average Bonchev–Trinajstić information content (AvgIpc) is 2.51. The van der Waals surface area contributed by atoms with Crippen molar-refractivity contribution in [3.8, 4) is 0 Å². The molecule has 2 rings (SSSR count). The molecule has 2 aliphatic rings. The monoisotopic (exact) mass is 250 g/mol. The third kappa shape index (κ3) is 4.66. The van der Waals surface area contributed by atoms with Crippen molar-refractivity contribution in [3.63, 3.8) is 0 Å². The molecule has 0 aromatic heterocycles. The maximum atomic E-state index is 6.06. The quantitative estimate of drug-likeness (QED) is 0.543. The predicted octanol–water partition coefficient (Wildman–Crippen LogP) is 5.60. The van der Waals surface area contributed by atoms with Crippen LogP contribution in [0.2, 0.25) is 0 Å². The van der Waals surface area contributed by atoms with Gasteiger partial charge in [-0.15, -0.1) is 0 Å². The van der Waals surface area contributed by atoms with E-state index in [1.807, 2.05) is 0 Å². The van der Waals surface area contributed by atoms with Crippen LogP contribution >= 0.6 is 0 Å². The molecule has 0 spiro atoms. The fourth-order valence-corrected chi connectivity index (χ4v) is 3.30. The summed E-state index contributed by atoms with van der Waals surface area (Å²) in [5.41, 5.74) is 1.67. The highest BCUT2D eigenvalue weighted by molar-refractivity contribution is 5.11. The lowest BCUT2D eigenvalue weighted by Crippen LogP contribution is -1.98. The van der Waals surface area contributed by atoms with Gasteiger partial charge in [0.15, 0.2) is 0 Å². The molecule has 1 nitrogen and oxygen atoms in total. The number of ether oxygens (including phenoxy) is 1. The zero-order valence-electron chi connectivity index (χ0n) is 12.2. The molecular weight excluding hydrogens is 220 g/mol. The summed E-state index contributed by atoms with van der Waals surface area (Å²) < 4.78 is 6.06. The topological polar surface area (TPSA) is 9.23 Å². The first-order valence-corrected chi connectivity index (χ1v) is 8.20. The molecule has 0 N–H and O–H groups in total. The molecule has 0 amide bonds. The second-order valence-electron chi connectivity index (χ2n) is 6.30. The Hall–Kier alpha value is -0.460. The molecule has 104 valence electrons. The van der Waals surface area contributed by atoms with Gasteiger partial charge in [-0.05, 0) is 43.6 Å². The minimum atomic E-state index is 0.824. The summed E-state index contributed by atoms with van der Waals surface area (Å²) in [6.45, 7) is 3.34.